The summed E-state index contributed by atoms with van der Waals surface area (Å²) in [7, 11) is 0. The van der Waals surface area contributed by atoms with Crippen molar-refractivity contribution in [1.82, 2.24) is 5.32 Å². The molecule has 0 heterocycles. The van der Waals surface area contributed by atoms with Crippen LogP contribution in [0, 0.1) is 5.92 Å². The van der Waals surface area contributed by atoms with Crippen LogP contribution in [-0.4, -0.2) is 35.6 Å². The molecule has 0 aromatic heterocycles. The number of nitrogens with one attached hydrogen (secondary N) is 1. The summed E-state index contributed by atoms with van der Waals surface area (Å²) >= 11 is 0. The fraction of sp³-hybridized carbons (Fsp3) is 0.778. The molecule has 0 fully saturated rings. The summed E-state index contributed by atoms with van der Waals surface area (Å²) in [6.45, 7) is 3.56. The first kappa shape index (κ1) is 13.9. The normalized spacial score (nSPS) is 14.7. The van der Waals surface area contributed by atoms with E-state index in [-0.39, 0.29) is 25.0 Å². The molecule has 0 aliphatic carbocycles. The van der Waals surface area contributed by atoms with Gasteiger partial charge in [-0.1, -0.05) is 13.8 Å². The van der Waals surface area contributed by atoms with Gasteiger partial charge in [-0.3, -0.25) is 9.59 Å². The number of aliphatic hydroxyl groups is 1. The summed E-state index contributed by atoms with van der Waals surface area (Å²) in [6, 6.07) is -1.30. The molecule has 6 heteroatoms. The van der Waals surface area contributed by atoms with E-state index in [1.807, 2.05) is 13.8 Å². The molecule has 0 saturated carbocycles. The van der Waals surface area contributed by atoms with E-state index in [1.54, 1.807) is 0 Å². The lowest BCUT2D eigenvalue weighted by Crippen LogP contribution is -2.49. The van der Waals surface area contributed by atoms with Gasteiger partial charge in [0.1, 0.15) is 0 Å². The number of primary amides is 1. The van der Waals surface area contributed by atoms with Crippen LogP contribution in [0.1, 0.15) is 20.3 Å². The number of carbonyl (C=O) groups is 2. The van der Waals surface area contributed by atoms with Crippen LogP contribution in [0.15, 0.2) is 0 Å². The molecule has 6 N–H and O–H groups in total. The molecule has 0 saturated heterocycles. The molecule has 0 radical (unpaired) electrons. The van der Waals surface area contributed by atoms with E-state index in [0.717, 1.165) is 0 Å². The van der Waals surface area contributed by atoms with Gasteiger partial charge in [-0.05, 0) is 5.92 Å². The Morgan fingerprint density at radius 3 is 2.27 bits per heavy atom. The van der Waals surface area contributed by atoms with Crippen molar-refractivity contribution in [2.45, 2.75) is 32.4 Å². The first-order valence-corrected chi connectivity index (χ1v) is 4.83. The lowest BCUT2D eigenvalue weighted by molar-refractivity contribution is -0.127. The van der Waals surface area contributed by atoms with Crippen LogP contribution in [-0.2, 0) is 9.59 Å². The van der Waals surface area contributed by atoms with E-state index in [9.17, 15) is 9.59 Å². The molecule has 2 atom stereocenters. The Morgan fingerprint density at radius 2 is 1.93 bits per heavy atom. The Bertz CT molecular complexity index is 231. The standard InChI is InChI=1S/C9H19N3O3/c1-5(2)7(4-13)12-9(15)6(10)3-8(11)14/h5-7,13H,3-4,10H2,1-2H3,(H2,11,14)(H,12,15)/t6?,7-/m1/s1. The van der Waals surface area contributed by atoms with Gasteiger partial charge in [0.25, 0.3) is 0 Å². The molecule has 15 heavy (non-hydrogen) atoms. The maximum absolute atomic E-state index is 11.4. The molecule has 6 nitrogen and oxygen atoms in total. The second kappa shape index (κ2) is 6.36. The predicted molar refractivity (Wildman–Crippen MR) is 55.6 cm³/mol. The van der Waals surface area contributed by atoms with E-state index in [4.69, 9.17) is 16.6 Å². The second-order valence-electron chi connectivity index (χ2n) is 3.82. The third-order valence-electron chi connectivity index (χ3n) is 2.09. The van der Waals surface area contributed by atoms with Crippen molar-refractivity contribution in [3.05, 3.63) is 0 Å². The molecule has 88 valence electrons. The second-order valence-corrected chi connectivity index (χ2v) is 3.82. The number of hydrogen-bond acceptors (Lipinski definition) is 4. The average molecular weight is 217 g/mol. The van der Waals surface area contributed by atoms with Crippen molar-refractivity contribution in [1.29, 1.82) is 0 Å². The zero-order chi connectivity index (χ0) is 12.0. The molecular weight excluding hydrogens is 198 g/mol. The highest BCUT2D eigenvalue weighted by Gasteiger charge is 2.20. The zero-order valence-electron chi connectivity index (χ0n) is 9.06. The third-order valence-corrected chi connectivity index (χ3v) is 2.09. The van der Waals surface area contributed by atoms with Crippen LogP contribution in [0.2, 0.25) is 0 Å². The highest BCUT2D eigenvalue weighted by Crippen LogP contribution is 2.01. The summed E-state index contributed by atoms with van der Waals surface area (Å²) in [5.74, 6) is -0.996. The van der Waals surface area contributed by atoms with Crippen molar-refractivity contribution in [3.8, 4) is 0 Å². The van der Waals surface area contributed by atoms with Crippen molar-refractivity contribution in [3.63, 3.8) is 0 Å². The minimum atomic E-state index is -0.949. The quantitative estimate of drug-likeness (QED) is 0.425. The number of rotatable bonds is 6. The maximum atomic E-state index is 11.4. The molecule has 0 bridgehead atoms. The van der Waals surface area contributed by atoms with Crippen LogP contribution in [0.3, 0.4) is 0 Å². The Hall–Kier alpha value is -1.14. The fourth-order valence-electron chi connectivity index (χ4n) is 1.02. The van der Waals surface area contributed by atoms with Crippen LogP contribution in [0.5, 0.6) is 0 Å². The van der Waals surface area contributed by atoms with Gasteiger partial charge in [-0.2, -0.15) is 0 Å². The summed E-state index contributed by atoms with van der Waals surface area (Å²) in [4.78, 5) is 21.9. The van der Waals surface area contributed by atoms with Gasteiger partial charge in [0, 0.05) is 0 Å². The van der Waals surface area contributed by atoms with Gasteiger partial charge in [0.15, 0.2) is 0 Å². The van der Waals surface area contributed by atoms with Gasteiger partial charge in [0.05, 0.1) is 25.1 Å². The van der Waals surface area contributed by atoms with Crippen molar-refractivity contribution in [2.75, 3.05) is 6.61 Å². The smallest absolute Gasteiger partial charge is 0.237 e. The van der Waals surface area contributed by atoms with Crippen molar-refractivity contribution in [2.24, 2.45) is 17.4 Å². The number of hydrogen-bond donors (Lipinski definition) is 4. The number of carbonyl (C=O) groups excluding carboxylic acids is 2. The van der Waals surface area contributed by atoms with E-state index in [2.05, 4.69) is 5.32 Å². The first-order valence-electron chi connectivity index (χ1n) is 4.83. The fourth-order valence-corrected chi connectivity index (χ4v) is 1.02. The molecule has 1 unspecified atom stereocenters. The molecular formula is C9H19N3O3. The summed E-state index contributed by atoms with van der Waals surface area (Å²) < 4.78 is 0. The largest absolute Gasteiger partial charge is 0.394 e. The molecule has 0 spiro atoms. The number of nitrogens with two attached hydrogens (primary N) is 2. The molecule has 0 rings (SSSR count). The maximum Gasteiger partial charge on any atom is 0.237 e. The lowest BCUT2D eigenvalue weighted by Gasteiger charge is -2.21. The van der Waals surface area contributed by atoms with Gasteiger partial charge < -0.3 is 21.9 Å². The van der Waals surface area contributed by atoms with Gasteiger partial charge in [0.2, 0.25) is 11.8 Å². The van der Waals surface area contributed by atoms with Crippen LogP contribution in [0.4, 0.5) is 0 Å². The van der Waals surface area contributed by atoms with E-state index >= 15 is 0 Å². The lowest BCUT2D eigenvalue weighted by atomic mass is 10.0. The zero-order valence-corrected chi connectivity index (χ0v) is 9.06. The average Bonchev–Trinajstić information content (AvgIpc) is 2.11. The van der Waals surface area contributed by atoms with Crippen LogP contribution in [0.25, 0.3) is 0 Å². The predicted octanol–water partition coefficient (Wildman–Crippen LogP) is -1.68. The summed E-state index contributed by atoms with van der Waals surface area (Å²) in [5.41, 5.74) is 10.3. The summed E-state index contributed by atoms with van der Waals surface area (Å²) in [6.07, 6.45) is -0.192. The highest BCUT2D eigenvalue weighted by molar-refractivity contribution is 5.87. The van der Waals surface area contributed by atoms with Crippen molar-refractivity contribution >= 4 is 11.8 Å². The Morgan fingerprint density at radius 1 is 1.40 bits per heavy atom. The molecule has 0 aliphatic rings. The SMILES string of the molecule is CC(C)[C@@H](CO)NC(=O)C(N)CC(N)=O. The van der Waals surface area contributed by atoms with Crippen LogP contribution >= 0.6 is 0 Å². The van der Waals surface area contributed by atoms with E-state index in [0.29, 0.717) is 0 Å². The Balaban J connectivity index is 4.15. The minimum absolute atomic E-state index is 0.0970. The topological polar surface area (TPSA) is 118 Å². The third kappa shape index (κ3) is 5.34. The Kier molecular flexibility index (Phi) is 5.88. The number of aliphatic hydroxyl groups excluding tert-OH is 1. The Labute approximate surface area is 89.0 Å². The molecule has 0 aliphatic heterocycles. The van der Waals surface area contributed by atoms with Gasteiger partial charge >= 0.3 is 0 Å². The first-order chi connectivity index (χ1) is 6.88. The van der Waals surface area contributed by atoms with Gasteiger partial charge in [-0.25, -0.2) is 0 Å². The highest BCUT2D eigenvalue weighted by atomic mass is 16.3. The molecule has 0 aromatic carbocycles. The minimum Gasteiger partial charge on any atom is -0.394 e. The molecule has 2 amide bonds. The monoisotopic (exact) mass is 217 g/mol. The van der Waals surface area contributed by atoms with Gasteiger partial charge in [-0.15, -0.1) is 0 Å². The van der Waals surface area contributed by atoms with Crippen LogP contribution < -0.4 is 16.8 Å². The number of amides is 2. The van der Waals surface area contributed by atoms with E-state index in [1.165, 1.54) is 0 Å². The van der Waals surface area contributed by atoms with E-state index < -0.39 is 17.9 Å². The molecule has 0 aromatic rings. The van der Waals surface area contributed by atoms with Crippen molar-refractivity contribution < 1.29 is 14.7 Å². The summed E-state index contributed by atoms with van der Waals surface area (Å²) in [5, 5.41) is 11.5.